The zero-order valence-corrected chi connectivity index (χ0v) is 18.3. The lowest BCUT2D eigenvalue weighted by Gasteiger charge is -2.23. The molecule has 0 aliphatic heterocycles. The Kier molecular flexibility index (Phi) is 13.5. The van der Waals surface area contributed by atoms with E-state index >= 15 is 0 Å². The standard InChI is InChI=1S/C15H26N4O7S3/c1-29-3-2-7(16)12(22)17-8(4-11(20)21)13(23)18-9(5-27)14(24)19-10(6-28)15(25)26/h7-10,27-28H,2-6,16H2,1H3,(H,17,22)(H,18,23)(H,19,24)(H,20,21)(H,25,26). The SMILES string of the molecule is CSCCC(N)C(=O)NC(CC(=O)O)C(=O)NC(CS)C(=O)NC(CS)C(=O)O. The number of carboxylic acids is 2. The van der Waals surface area contributed by atoms with Gasteiger partial charge in [-0.3, -0.25) is 19.2 Å². The van der Waals surface area contributed by atoms with Gasteiger partial charge in [-0.1, -0.05) is 0 Å². The van der Waals surface area contributed by atoms with E-state index in [0.717, 1.165) is 0 Å². The third-order valence-corrected chi connectivity index (χ3v) is 4.97. The van der Waals surface area contributed by atoms with E-state index in [0.29, 0.717) is 12.2 Å². The number of thiol groups is 2. The molecule has 7 N–H and O–H groups in total. The van der Waals surface area contributed by atoms with Crippen LogP contribution < -0.4 is 21.7 Å². The Morgan fingerprint density at radius 1 is 0.897 bits per heavy atom. The number of rotatable bonds is 14. The molecule has 3 amide bonds. The number of carboxylic acid groups (broad SMARTS) is 2. The van der Waals surface area contributed by atoms with Gasteiger partial charge < -0.3 is 31.9 Å². The first kappa shape index (κ1) is 27.4. The van der Waals surface area contributed by atoms with Crippen molar-refractivity contribution in [2.75, 3.05) is 23.5 Å². The van der Waals surface area contributed by atoms with Crippen LogP contribution in [-0.4, -0.2) is 87.6 Å². The third kappa shape index (κ3) is 10.6. The van der Waals surface area contributed by atoms with Gasteiger partial charge in [0.25, 0.3) is 0 Å². The van der Waals surface area contributed by atoms with Crippen LogP contribution in [0.4, 0.5) is 0 Å². The summed E-state index contributed by atoms with van der Waals surface area (Å²) in [5.41, 5.74) is 5.71. The van der Waals surface area contributed by atoms with Crippen molar-refractivity contribution < 1.29 is 34.2 Å². The van der Waals surface area contributed by atoms with E-state index in [1.165, 1.54) is 11.8 Å². The second-order valence-corrected chi connectivity index (χ2v) is 7.59. The van der Waals surface area contributed by atoms with Gasteiger partial charge >= 0.3 is 11.9 Å². The summed E-state index contributed by atoms with van der Waals surface area (Å²) in [4.78, 5) is 58.8. The van der Waals surface area contributed by atoms with E-state index in [1.807, 2.05) is 6.26 Å². The molecule has 0 spiro atoms. The summed E-state index contributed by atoms with van der Waals surface area (Å²) in [5.74, 6) is -4.92. The van der Waals surface area contributed by atoms with Crippen LogP contribution in [0.1, 0.15) is 12.8 Å². The number of amides is 3. The molecule has 14 heteroatoms. The molecule has 0 heterocycles. The van der Waals surface area contributed by atoms with Crippen LogP contribution in [0.5, 0.6) is 0 Å². The number of thioether (sulfide) groups is 1. The number of aliphatic carboxylic acids is 2. The van der Waals surface area contributed by atoms with Gasteiger partial charge in [0.1, 0.15) is 18.1 Å². The fourth-order valence-electron chi connectivity index (χ4n) is 1.96. The number of nitrogens with one attached hydrogen (secondary N) is 3. The van der Waals surface area contributed by atoms with Crippen molar-refractivity contribution in [2.45, 2.75) is 37.0 Å². The molecule has 0 saturated heterocycles. The van der Waals surface area contributed by atoms with Crippen molar-refractivity contribution in [1.29, 1.82) is 0 Å². The van der Waals surface area contributed by atoms with E-state index in [4.69, 9.17) is 15.9 Å². The lowest BCUT2D eigenvalue weighted by Crippen LogP contribution is -2.58. The van der Waals surface area contributed by atoms with Gasteiger partial charge in [0.2, 0.25) is 17.7 Å². The van der Waals surface area contributed by atoms with Crippen LogP contribution in [0.25, 0.3) is 0 Å². The molecule has 0 aromatic carbocycles. The predicted molar refractivity (Wildman–Crippen MR) is 114 cm³/mol. The summed E-state index contributed by atoms with van der Waals surface area (Å²) in [7, 11) is 0. The average Bonchev–Trinajstić information content (AvgIpc) is 2.66. The fraction of sp³-hybridized carbons (Fsp3) is 0.667. The summed E-state index contributed by atoms with van der Waals surface area (Å²) >= 11 is 9.24. The molecule has 11 nitrogen and oxygen atoms in total. The first-order valence-electron chi connectivity index (χ1n) is 8.39. The van der Waals surface area contributed by atoms with Crippen LogP contribution in [0.15, 0.2) is 0 Å². The summed E-state index contributed by atoms with van der Waals surface area (Å²) in [5, 5.41) is 24.7. The zero-order chi connectivity index (χ0) is 22.6. The van der Waals surface area contributed by atoms with Crippen LogP contribution in [0.2, 0.25) is 0 Å². The molecule has 166 valence electrons. The number of hydrogen-bond acceptors (Lipinski definition) is 9. The average molecular weight is 471 g/mol. The molecule has 0 aromatic heterocycles. The summed E-state index contributed by atoms with van der Waals surface area (Å²) in [6.07, 6.45) is 1.43. The van der Waals surface area contributed by atoms with Crippen molar-refractivity contribution in [2.24, 2.45) is 5.73 Å². The Morgan fingerprint density at radius 3 is 1.83 bits per heavy atom. The van der Waals surface area contributed by atoms with E-state index in [1.54, 1.807) is 0 Å². The quantitative estimate of drug-likeness (QED) is 0.132. The highest BCUT2D eigenvalue weighted by Gasteiger charge is 2.30. The van der Waals surface area contributed by atoms with Gasteiger partial charge in [0.15, 0.2) is 0 Å². The van der Waals surface area contributed by atoms with Crippen molar-refractivity contribution in [3.63, 3.8) is 0 Å². The number of nitrogens with two attached hydrogens (primary N) is 1. The highest BCUT2D eigenvalue weighted by molar-refractivity contribution is 7.98. The molecular formula is C15H26N4O7S3. The van der Waals surface area contributed by atoms with E-state index in [-0.39, 0.29) is 11.5 Å². The smallest absolute Gasteiger partial charge is 0.327 e. The highest BCUT2D eigenvalue weighted by Crippen LogP contribution is 2.02. The lowest BCUT2D eigenvalue weighted by atomic mass is 10.1. The maximum absolute atomic E-state index is 12.4. The number of carbonyl (C=O) groups excluding carboxylic acids is 3. The van der Waals surface area contributed by atoms with Crippen LogP contribution in [0, 0.1) is 0 Å². The van der Waals surface area contributed by atoms with Crippen LogP contribution >= 0.6 is 37.0 Å². The van der Waals surface area contributed by atoms with Gasteiger partial charge in [-0.2, -0.15) is 37.0 Å². The minimum absolute atomic E-state index is 0.181. The maximum Gasteiger partial charge on any atom is 0.327 e. The molecule has 0 aliphatic carbocycles. The van der Waals surface area contributed by atoms with Gasteiger partial charge in [0, 0.05) is 11.5 Å². The first-order chi connectivity index (χ1) is 13.6. The van der Waals surface area contributed by atoms with Gasteiger partial charge in [-0.15, -0.1) is 0 Å². The minimum Gasteiger partial charge on any atom is -0.481 e. The second-order valence-electron chi connectivity index (χ2n) is 5.87. The predicted octanol–water partition coefficient (Wildman–Crippen LogP) is -2.06. The largest absolute Gasteiger partial charge is 0.481 e. The molecule has 0 saturated carbocycles. The van der Waals surface area contributed by atoms with Crippen LogP contribution in [0.3, 0.4) is 0 Å². The lowest BCUT2D eigenvalue weighted by molar-refractivity contribution is -0.142. The molecule has 4 atom stereocenters. The van der Waals surface area contributed by atoms with Crippen molar-refractivity contribution in [1.82, 2.24) is 16.0 Å². The molecular weight excluding hydrogens is 444 g/mol. The normalized spacial score (nSPS) is 14.8. The summed E-state index contributed by atoms with van der Waals surface area (Å²) in [6, 6.07) is -4.95. The zero-order valence-electron chi connectivity index (χ0n) is 15.7. The molecule has 0 aliphatic rings. The molecule has 0 aromatic rings. The number of hydrogen-bond donors (Lipinski definition) is 8. The van der Waals surface area contributed by atoms with Gasteiger partial charge in [0.05, 0.1) is 12.5 Å². The second kappa shape index (κ2) is 14.4. The fourth-order valence-corrected chi connectivity index (χ4v) is 2.96. The monoisotopic (exact) mass is 470 g/mol. The topological polar surface area (TPSA) is 188 Å². The highest BCUT2D eigenvalue weighted by atomic mass is 32.2. The minimum atomic E-state index is -1.48. The molecule has 0 fully saturated rings. The molecule has 0 rings (SSSR count). The van der Waals surface area contributed by atoms with E-state index in [9.17, 15) is 24.0 Å². The Bertz CT molecular complexity index is 608. The van der Waals surface area contributed by atoms with Gasteiger partial charge in [-0.05, 0) is 18.4 Å². The van der Waals surface area contributed by atoms with E-state index < -0.39 is 60.2 Å². The van der Waals surface area contributed by atoms with Crippen molar-refractivity contribution >= 4 is 66.7 Å². The third-order valence-electron chi connectivity index (χ3n) is 3.59. The number of carbonyl (C=O) groups is 5. The maximum atomic E-state index is 12.4. The molecule has 0 bridgehead atoms. The van der Waals surface area contributed by atoms with Crippen molar-refractivity contribution in [3.8, 4) is 0 Å². The Morgan fingerprint density at radius 2 is 1.38 bits per heavy atom. The Balaban J connectivity index is 5.13. The van der Waals surface area contributed by atoms with E-state index in [2.05, 4.69) is 41.2 Å². The van der Waals surface area contributed by atoms with Crippen molar-refractivity contribution in [3.05, 3.63) is 0 Å². The summed E-state index contributed by atoms with van der Waals surface area (Å²) < 4.78 is 0. The molecule has 4 unspecified atom stereocenters. The summed E-state index contributed by atoms with van der Waals surface area (Å²) in [6.45, 7) is 0. The molecule has 29 heavy (non-hydrogen) atoms. The first-order valence-corrected chi connectivity index (χ1v) is 11.0. The van der Waals surface area contributed by atoms with Gasteiger partial charge in [-0.25, -0.2) is 4.79 Å². The molecule has 0 radical (unpaired) electrons. The Labute approximate surface area is 183 Å². The Hall–Kier alpha value is -1.64. The van der Waals surface area contributed by atoms with Crippen LogP contribution in [-0.2, 0) is 24.0 Å².